The maximum absolute atomic E-state index is 13.7. The van der Waals surface area contributed by atoms with Gasteiger partial charge in [0, 0.05) is 48.7 Å². The SMILES string of the molecule is COc1cc(S(N)(=O)=O)ccc1NCC#Cc1cc2c(NC3CCC(N4CC5CC(C4)O5)CC3)cccc2n1CC(F)(F)F. The van der Waals surface area contributed by atoms with Crippen molar-refractivity contribution in [2.24, 2.45) is 5.14 Å². The number of aromatic nitrogens is 1. The summed E-state index contributed by atoms with van der Waals surface area (Å²) in [7, 11) is -2.52. The van der Waals surface area contributed by atoms with Gasteiger partial charge in [-0.15, -0.1) is 0 Å². The number of halogens is 3. The standard InChI is InChI=1S/C31H36F3N5O4S/c1-42-30-16-25(44(35,40)41)11-12-28(30)36-13-3-4-22-14-26-27(5-2-6-29(26)39(22)19-31(32,33)34)37-20-7-9-21(10-8-20)38-17-23-15-24(18-38)43-23/h2,5-6,11-12,14,16,20-21,23-24,36-37H,7-10,13,15,17-19H2,1H3,(H2,35,40,41). The third-order valence-electron chi connectivity index (χ3n) is 8.73. The number of ether oxygens (including phenoxy) is 2. The Morgan fingerprint density at radius 1 is 1.07 bits per heavy atom. The Morgan fingerprint density at radius 2 is 1.80 bits per heavy atom. The molecule has 9 nitrogen and oxygen atoms in total. The smallest absolute Gasteiger partial charge is 0.406 e. The number of morpholine rings is 1. The molecule has 4 aliphatic rings. The Morgan fingerprint density at radius 3 is 2.45 bits per heavy atom. The highest BCUT2D eigenvalue weighted by atomic mass is 32.2. The highest BCUT2D eigenvalue weighted by Gasteiger charge is 2.41. The molecule has 236 valence electrons. The maximum Gasteiger partial charge on any atom is 0.406 e. The Balaban J connectivity index is 1.17. The minimum atomic E-state index is -4.43. The normalized spacial score (nSPS) is 23.8. The van der Waals surface area contributed by atoms with Gasteiger partial charge in [-0.05, 0) is 61.9 Å². The number of piperidine rings is 1. The molecular formula is C31H36F3N5O4S. The van der Waals surface area contributed by atoms with E-state index < -0.39 is 22.7 Å². The summed E-state index contributed by atoms with van der Waals surface area (Å²) in [6, 6.07) is 12.0. The van der Waals surface area contributed by atoms with E-state index in [1.807, 2.05) is 6.07 Å². The number of nitrogens with one attached hydrogen (secondary N) is 2. The minimum absolute atomic E-state index is 0.0810. The van der Waals surface area contributed by atoms with Crippen molar-refractivity contribution in [3.8, 4) is 17.6 Å². The number of nitrogens with two attached hydrogens (primary N) is 1. The fourth-order valence-electron chi connectivity index (χ4n) is 6.62. The Kier molecular flexibility index (Phi) is 8.45. The predicted octanol–water partition coefficient (Wildman–Crippen LogP) is 4.52. The quantitative estimate of drug-likeness (QED) is 0.314. The molecule has 3 aliphatic heterocycles. The number of alkyl halides is 3. The number of nitrogens with zero attached hydrogens (tertiary/aromatic N) is 2. The molecule has 3 aromatic rings. The first-order valence-electron chi connectivity index (χ1n) is 14.8. The summed E-state index contributed by atoms with van der Waals surface area (Å²) in [6.45, 7) is 0.955. The monoisotopic (exact) mass is 631 g/mol. The lowest BCUT2D eigenvalue weighted by molar-refractivity contribution is -0.189. The topological polar surface area (TPSA) is 111 Å². The molecule has 2 bridgehead atoms. The second kappa shape index (κ2) is 12.2. The highest BCUT2D eigenvalue weighted by Crippen LogP contribution is 2.35. The van der Waals surface area contributed by atoms with Gasteiger partial charge in [-0.1, -0.05) is 12.0 Å². The van der Waals surface area contributed by atoms with Gasteiger partial charge in [0.05, 0.1) is 47.7 Å². The van der Waals surface area contributed by atoms with Crippen LogP contribution in [0.3, 0.4) is 0 Å². The molecule has 0 amide bonds. The number of sulfonamides is 1. The van der Waals surface area contributed by atoms with Gasteiger partial charge in [0.2, 0.25) is 10.0 Å². The first-order valence-corrected chi connectivity index (χ1v) is 16.3. The number of fused-ring (bicyclic) bond motifs is 3. The van der Waals surface area contributed by atoms with Gasteiger partial charge in [0.15, 0.2) is 0 Å². The third kappa shape index (κ3) is 6.78. The second-order valence-electron chi connectivity index (χ2n) is 11.8. The van der Waals surface area contributed by atoms with Crippen LogP contribution in [-0.4, -0.2) is 75.1 Å². The zero-order valence-electron chi connectivity index (χ0n) is 24.4. The molecule has 3 saturated heterocycles. The Labute approximate surface area is 254 Å². The molecule has 13 heteroatoms. The number of hydrogen-bond acceptors (Lipinski definition) is 7. The molecule has 7 rings (SSSR count). The van der Waals surface area contributed by atoms with Crippen LogP contribution >= 0.6 is 0 Å². The summed E-state index contributed by atoms with van der Waals surface area (Å²) in [4.78, 5) is 2.47. The number of primary sulfonamides is 1. The fraction of sp³-hybridized carbons (Fsp3) is 0.484. The zero-order valence-corrected chi connectivity index (χ0v) is 25.2. The van der Waals surface area contributed by atoms with Gasteiger partial charge >= 0.3 is 6.18 Å². The summed E-state index contributed by atoms with van der Waals surface area (Å²) in [5, 5.41) is 12.5. The van der Waals surface area contributed by atoms with Crippen LogP contribution in [0.4, 0.5) is 24.5 Å². The van der Waals surface area contributed by atoms with Crippen molar-refractivity contribution in [2.75, 3.05) is 37.4 Å². The molecule has 2 aromatic carbocycles. The van der Waals surface area contributed by atoms with Gasteiger partial charge in [-0.25, -0.2) is 13.6 Å². The van der Waals surface area contributed by atoms with E-state index in [-0.39, 0.29) is 28.9 Å². The zero-order chi connectivity index (χ0) is 31.1. The van der Waals surface area contributed by atoms with Crippen molar-refractivity contribution >= 4 is 32.3 Å². The average molecular weight is 632 g/mol. The van der Waals surface area contributed by atoms with Crippen LogP contribution in [0.1, 0.15) is 37.8 Å². The van der Waals surface area contributed by atoms with Crippen molar-refractivity contribution in [3.05, 3.63) is 48.2 Å². The molecule has 0 radical (unpaired) electrons. The first kappa shape index (κ1) is 30.6. The number of rotatable bonds is 8. The van der Waals surface area contributed by atoms with Gasteiger partial charge in [-0.2, -0.15) is 13.2 Å². The molecule has 44 heavy (non-hydrogen) atoms. The molecule has 1 aromatic heterocycles. The molecule has 2 atom stereocenters. The summed E-state index contributed by atoms with van der Waals surface area (Å²) in [5.74, 6) is 6.04. The van der Waals surface area contributed by atoms with Gasteiger partial charge in [0.1, 0.15) is 12.3 Å². The lowest BCUT2D eigenvalue weighted by Gasteiger charge is -2.50. The van der Waals surface area contributed by atoms with E-state index in [0.717, 1.165) is 44.5 Å². The summed E-state index contributed by atoms with van der Waals surface area (Å²) < 4.78 is 76.5. The van der Waals surface area contributed by atoms with Crippen molar-refractivity contribution in [1.82, 2.24) is 9.47 Å². The number of methoxy groups -OCH3 is 1. The van der Waals surface area contributed by atoms with Crippen molar-refractivity contribution in [3.63, 3.8) is 0 Å². The molecule has 4 fully saturated rings. The van der Waals surface area contributed by atoms with Gasteiger partial charge < -0.3 is 24.7 Å². The van der Waals surface area contributed by atoms with Crippen molar-refractivity contribution < 1.29 is 31.1 Å². The maximum atomic E-state index is 13.7. The van der Waals surface area contributed by atoms with E-state index in [9.17, 15) is 21.6 Å². The Bertz CT molecular complexity index is 1670. The average Bonchev–Trinajstić information content (AvgIpc) is 3.31. The molecule has 4 N–H and O–H groups in total. The number of benzene rings is 2. The lowest BCUT2D eigenvalue weighted by atomic mass is 9.87. The van der Waals surface area contributed by atoms with Crippen LogP contribution in [0, 0.1) is 11.8 Å². The highest BCUT2D eigenvalue weighted by molar-refractivity contribution is 7.89. The van der Waals surface area contributed by atoms with E-state index in [1.165, 1.54) is 36.3 Å². The van der Waals surface area contributed by atoms with Crippen LogP contribution in [0.15, 0.2) is 47.4 Å². The first-order chi connectivity index (χ1) is 21.0. The van der Waals surface area contributed by atoms with Crippen LogP contribution in [0.2, 0.25) is 0 Å². The molecule has 2 unspecified atom stereocenters. The van der Waals surface area contributed by atoms with Crippen LogP contribution in [0.5, 0.6) is 5.75 Å². The third-order valence-corrected chi connectivity index (χ3v) is 9.64. The Hall–Kier alpha value is -3.44. The van der Waals surface area contributed by atoms with E-state index in [0.29, 0.717) is 34.8 Å². The summed E-state index contributed by atoms with van der Waals surface area (Å²) in [5.41, 5.74) is 1.99. The van der Waals surface area contributed by atoms with E-state index >= 15 is 0 Å². The lowest BCUT2D eigenvalue weighted by Crippen LogP contribution is -2.60. The van der Waals surface area contributed by atoms with Gasteiger partial charge in [0.25, 0.3) is 0 Å². The molecule has 1 aliphatic carbocycles. The van der Waals surface area contributed by atoms with Gasteiger partial charge in [-0.3, -0.25) is 4.90 Å². The van der Waals surface area contributed by atoms with Crippen molar-refractivity contribution in [1.29, 1.82) is 0 Å². The van der Waals surface area contributed by atoms with E-state index in [4.69, 9.17) is 14.6 Å². The molecular weight excluding hydrogens is 595 g/mol. The second-order valence-corrected chi connectivity index (χ2v) is 13.3. The largest absolute Gasteiger partial charge is 0.495 e. The van der Waals surface area contributed by atoms with E-state index in [1.54, 1.807) is 18.2 Å². The minimum Gasteiger partial charge on any atom is -0.495 e. The molecule has 1 saturated carbocycles. The van der Waals surface area contributed by atoms with Crippen LogP contribution in [-0.2, 0) is 21.3 Å². The predicted molar refractivity (Wildman–Crippen MR) is 162 cm³/mol. The van der Waals surface area contributed by atoms with Crippen molar-refractivity contribution in [2.45, 2.75) is 74.0 Å². The summed E-state index contributed by atoms with van der Waals surface area (Å²) >= 11 is 0. The van der Waals surface area contributed by atoms with Crippen LogP contribution < -0.4 is 20.5 Å². The molecule has 0 spiro atoms. The summed E-state index contributed by atoms with van der Waals surface area (Å²) in [6.07, 6.45) is 1.70. The number of anilines is 2. The van der Waals surface area contributed by atoms with E-state index in [2.05, 4.69) is 27.4 Å². The van der Waals surface area contributed by atoms with Crippen LogP contribution in [0.25, 0.3) is 10.9 Å². The number of hydrogen-bond donors (Lipinski definition) is 3. The molecule has 4 heterocycles. The fourth-order valence-corrected chi connectivity index (χ4v) is 7.15.